The van der Waals surface area contributed by atoms with Gasteiger partial charge < -0.3 is 19.6 Å². The zero-order valence-electron chi connectivity index (χ0n) is 16.0. The molecule has 2 N–H and O–H groups in total. The Morgan fingerprint density at radius 3 is 2.89 bits per heavy atom. The van der Waals surface area contributed by atoms with E-state index in [0.29, 0.717) is 12.4 Å². The number of hydrogen-bond donors (Lipinski definition) is 2. The van der Waals surface area contributed by atoms with Gasteiger partial charge in [0, 0.05) is 6.54 Å². The molecule has 2 aromatic heterocycles. The Labute approximate surface area is 162 Å². The van der Waals surface area contributed by atoms with Crippen LogP contribution in [-0.2, 0) is 29.2 Å². The van der Waals surface area contributed by atoms with Gasteiger partial charge in [-0.05, 0) is 43.7 Å². The third-order valence-corrected chi connectivity index (χ3v) is 4.65. The van der Waals surface area contributed by atoms with Crippen LogP contribution in [0, 0.1) is 6.92 Å². The van der Waals surface area contributed by atoms with Crippen molar-refractivity contribution in [3.63, 3.8) is 0 Å². The Balaban J connectivity index is 1.31. The molecular formula is C21H23N5O2. The molecule has 1 amide bonds. The number of ether oxygens (including phenoxy) is 1. The molecule has 4 aromatic rings. The predicted molar refractivity (Wildman–Crippen MR) is 108 cm³/mol. The van der Waals surface area contributed by atoms with Crippen LogP contribution in [0.4, 0.5) is 0 Å². The molecule has 0 saturated heterocycles. The quantitative estimate of drug-likeness (QED) is 0.518. The summed E-state index contributed by atoms with van der Waals surface area (Å²) in [7, 11) is 0. The number of nitrogens with zero attached hydrogens (tertiary/aromatic N) is 3. The number of aromatic amines is 1. The van der Waals surface area contributed by atoms with E-state index in [2.05, 4.69) is 31.8 Å². The van der Waals surface area contributed by atoms with Gasteiger partial charge in [-0.1, -0.05) is 18.2 Å². The first-order valence-corrected chi connectivity index (χ1v) is 9.38. The number of imidazole rings is 2. The molecule has 0 spiro atoms. The van der Waals surface area contributed by atoms with Gasteiger partial charge in [-0.25, -0.2) is 9.97 Å². The molecule has 0 unspecified atom stereocenters. The molecule has 28 heavy (non-hydrogen) atoms. The van der Waals surface area contributed by atoms with E-state index in [1.807, 2.05) is 49.4 Å². The maximum absolute atomic E-state index is 12.1. The second kappa shape index (κ2) is 7.82. The molecule has 7 heteroatoms. The number of carbonyl (C=O) groups is 1. The lowest BCUT2D eigenvalue weighted by molar-refractivity contribution is -0.126. The van der Waals surface area contributed by atoms with Crippen LogP contribution in [0.25, 0.3) is 22.1 Å². The first-order valence-electron chi connectivity index (χ1n) is 9.38. The highest BCUT2D eigenvalue weighted by atomic mass is 16.5. The van der Waals surface area contributed by atoms with Crippen molar-refractivity contribution in [2.75, 3.05) is 6.61 Å². The van der Waals surface area contributed by atoms with Crippen molar-refractivity contribution in [1.82, 2.24) is 24.8 Å². The number of aromatic nitrogens is 4. The lowest BCUT2D eigenvalue weighted by atomic mass is 10.2. The van der Waals surface area contributed by atoms with E-state index in [-0.39, 0.29) is 19.1 Å². The monoisotopic (exact) mass is 377 g/mol. The van der Waals surface area contributed by atoms with Crippen molar-refractivity contribution < 1.29 is 9.53 Å². The van der Waals surface area contributed by atoms with Gasteiger partial charge in [-0.15, -0.1) is 0 Å². The molecule has 144 valence electrons. The predicted octanol–water partition coefficient (Wildman–Crippen LogP) is 3.07. The minimum absolute atomic E-state index is 0.0254. The molecule has 0 radical (unpaired) electrons. The van der Waals surface area contributed by atoms with Crippen LogP contribution in [-0.4, -0.2) is 32.0 Å². The number of amides is 1. The van der Waals surface area contributed by atoms with E-state index in [4.69, 9.17) is 4.74 Å². The zero-order valence-corrected chi connectivity index (χ0v) is 16.0. The Bertz CT molecular complexity index is 1130. The summed E-state index contributed by atoms with van der Waals surface area (Å²) in [5, 5.41) is 2.88. The van der Waals surface area contributed by atoms with Crippen molar-refractivity contribution in [3.8, 4) is 0 Å². The first-order chi connectivity index (χ1) is 13.6. The van der Waals surface area contributed by atoms with E-state index < -0.39 is 0 Å². The number of H-pyrrole nitrogens is 1. The summed E-state index contributed by atoms with van der Waals surface area (Å²) in [6, 6.07) is 14.0. The molecule has 2 heterocycles. The van der Waals surface area contributed by atoms with Crippen LogP contribution >= 0.6 is 0 Å². The lowest BCUT2D eigenvalue weighted by Gasteiger charge is -2.08. The molecule has 0 atom stereocenters. The van der Waals surface area contributed by atoms with Crippen LogP contribution in [0.1, 0.15) is 24.1 Å². The fourth-order valence-electron chi connectivity index (χ4n) is 3.33. The minimum Gasteiger partial charge on any atom is -0.364 e. The zero-order chi connectivity index (χ0) is 19.5. The standard InChI is InChI=1S/C21H23N5O2/c1-3-26-18-7-5-4-6-16(18)25-20(26)11-22-21(27)13-28-12-19-23-15-9-8-14(2)10-17(15)24-19/h4-10H,3,11-13H2,1-2H3,(H,22,27)(H,23,24). The molecule has 4 rings (SSSR count). The normalized spacial score (nSPS) is 11.4. The van der Waals surface area contributed by atoms with Gasteiger partial charge >= 0.3 is 0 Å². The molecule has 2 aromatic carbocycles. The second-order valence-electron chi connectivity index (χ2n) is 6.73. The Morgan fingerprint density at radius 1 is 1.18 bits per heavy atom. The van der Waals surface area contributed by atoms with Crippen LogP contribution in [0.2, 0.25) is 0 Å². The topological polar surface area (TPSA) is 84.8 Å². The molecule has 0 aliphatic heterocycles. The molecule has 0 fully saturated rings. The number of fused-ring (bicyclic) bond motifs is 2. The van der Waals surface area contributed by atoms with Gasteiger partial charge in [0.2, 0.25) is 5.91 Å². The van der Waals surface area contributed by atoms with Crippen molar-refractivity contribution in [2.24, 2.45) is 0 Å². The summed E-state index contributed by atoms with van der Waals surface area (Å²) in [5.41, 5.74) is 5.05. The van der Waals surface area contributed by atoms with Crippen LogP contribution in [0.15, 0.2) is 42.5 Å². The molecule has 0 aliphatic carbocycles. The van der Waals surface area contributed by atoms with Gasteiger partial charge in [0.25, 0.3) is 0 Å². The maximum atomic E-state index is 12.1. The summed E-state index contributed by atoms with van der Waals surface area (Å²) in [6.45, 7) is 5.50. The molecule has 7 nitrogen and oxygen atoms in total. The van der Waals surface area contributed by atoms with E-state index in [9.17, 15) is 4.79 Å². The average molecular weight is 377 g/mol. The van der Waals surface area contributed by atoms with Crippen molar-refractivity contribution in [2.45, 2.75) is 33.5 Å². The highest BCUT2D eigenvalue weighted by Crippen LogP contribution is 2.16. The van der Waals surface area contributed by atoms with E-state index in [0.717, 1.165) is 34.4 Å². The fourth-order valence-corrected chi connectivity index (χ4v) is 3.33. The highest BCUT2D eigenvalue weighted by molar-refractivity contribution is 5.78. The molecule has 0 bridgehead atoms. The van der Waals surface area contributed by atoms with Gasteiger partial charge in [0.1, 0.15) is 24.9 Å². The Morgan fingerprint density at radius 2 is 2.04 bits per heavy atom. The number of benzene rings is 2. The number of carbonyl (C=O) groups excluding carboxylic acids is 1. The first kappa shape index (κ1) is 18.2. The summed E-state index contributed by atoms with van der Waals surface area (Å²) in [4.78, 5) is 24.4. The summed E-state index contributed by atoms with van der Waals surface area (Å²) in [6.07, 6.45) is 0. The highest BCUT2D eigenvalue weighted by Gasteiger charge is 2.11. The fraction of sp³-hybridized carbons (Fsp3) is 0.286. The Kier molecular flexibility index (Phi) is 5.08. The average Bonchev–Trinajstić information content (AvgIpc) is 3.26. The summed E-state index contributed by atoms with van der Waals surface area (Å²) < 4.78 is 7.62. The SMILES string of the molecule is CCn1c(CNC(=O)COCc2nc3ccc(C)cc3[nH]2)nc2ccccc21. The molecular weight excluding hydrogens is 354 g/mol. The Hall–Kier alpha value is -3.19. The largest absolute Gasteiger partial charge is 0.364 e. The number of hydrogen-bond acceptors (Lipinski definition) is 4. The van der Waals surface area contributed by atoms with E-state index in [1.165, 1.54) is 5.56 Å². The van der Waals surface area contributed by atoms with E-state index in [1.54, 1.807) is 0 Å². The molecule has 0 aliphatic rings. The summed E-state index contributed by atoms with van der Waals surface area (Å²) in [5.74, 6) is 1.37. The van der Waals surface area contributed by atoms with Crippen molar-refractivity contribution >= 4 is 28.0 Å². The third-order valence-electron chi connectivity index (χ3n) is 4.65. The van der Waals surface area contributed by atoms with E-state index >= 15 is 0 Å². The van der Waals surface area contributed by atoms with Crippen LogP contribution < -0.4 is 5.32 Å². The number of nitrogens with one attached hydrogen (secondary N) is 2. The number of para-hydroxylation sites is 2. The van der Waals surface area contributed by atoms with Gasteiger partial charge in [0.05, 0.1) is 28.6 Å². The number of aryl methyl sites for hydroxylation is 2. The van der Waals surface area contributed by atoms with Gasteiger partial charge in [0.15, 0.2) is 0 Å². The molecule has 0 saturated carbocycles. The van der Waals surface area contributed by atoms with Gasteiger partial charge in [-0.2, -0.15) is 0 Å². The number of rotatable bonds is 7. The van der Waals surface area contributed by atoms with Crippen LogP contribution in [0.3, 0.4) is 0 Å². The van der Waals surface area contributed by atoms with Crippen molar-refractivity contribution in [3.05, 3.63) is 59.7 Å². The maximum Gasteiger partial charge on any atom is 0.246 e. The lowest BCUT2D eigenvalue weighted by Crippen LogP contribution is -2.28. The van der Waals surface area contributed by atoms with Gasteiger partial charge in [-0.3, -0.25) is 4.79 Å². The summed E-state index contributed by atoms with van der Waals surface area (Å²) >= 11 is 0. The van der Waals surface area contributed by atoms with Crippen LogP contribution in [0.5, 0.6) is 0 Å². The third kappa shape index (κ3) is 3.75. The smallest absolute Gasteiger partial charge is 0.246 e. The van der Waals surface area contributed by atoms with Crippen molar-refractivity contribution in [1.29, 1.82) is 0 Å². The second-order valence-corrected chi connectivity index (χ2v) is 6.73. The minimum atomic E-state index is -0.179.